The maximum absolute atomic E-state index is 12.7. The van der Waals surface area contributed by atoms with Gasteiger partial charge in [0.1, 0.15) is 11.5 Å². The summed E-state index contributed by atoms with van der Waals surface area (Å²) in [6.45, 7) is 0. The SMILES string of the molecule is COc1ccc(C(=CCS(=O)(=O)c2ccccc2)c2ccc(OC)cc2)cc1. The summed E-state index contributed by atoms with van der Waals surface area (Å²) in [4.78, 5) is 0.315. The number of sulfone groups is 1. The summed E-state index contributed by atoms with van der Waals surface area (Å²) in [5, 5.41) is 0. The van der Waals surface area contributed by atoms with E-state index in [2.05, 4.69) is 0 Å². The van der Waals surface area contributed by atoms with Gasteiger partial charge in [0.05, 0.1) is 24.9 Å². The fourth-order valence-corrected chi connectivity index (χ4v) is 4.01. The van der Waals surface area contributed by atoms with Crippen molar-refractivity contribution in [2.24, 2.45) is 0 Å². The van der Waals surface area contributed by atoms with Gasteiger partial charge < -0.3 is 9.47 Å². The van der Waals surface area contributed by atoms with E-state index >= 15 is 0 Å². The van der Waals surface area contributed by atoms with E-state index in [1.165, 1.54) is 0 Å². The molecular weight excluding hydrogens is 372 g/mol. The predicted molar refractivity (Wildman–Crippen MR) is 112 cm³/mol. The third-order valence-corrected chi connectivity index (χ3v) is 6.01. The number of benzene rings is 3. The van der Waals surface area contributed by atoms with Gasteiger partial charge in [-0.25, -0.2) is 8.42 Å². The second-order valence-electron chi connectivity index (χ2n) is 6.17. The molecule has 0 fully saturated rings. The van der Waals surface area contributed by atoms with Crippen molar-refractivity contribution in [2.45, 2.75) is 4.90 Å². The van der Waals surface area contributed by atoms with Gasteiger partial charge >= 0.3 is 0 Å². The molecule has 5 heteroatoms. The smallest absolute Gasteiger partial charge is 0.181 e. The van der Waals surface area contributed by atoms with E-state index in [0.29, 0.717) is 4.90 Å². The molecule has 0 saturated carbocycles. The highest BCUT2D eigenvalue weighted by Gasteiger charge is 2.14. The van der Waals surface area contributed by atoms with E-state index < -0.39 is 9.84 Å². The van der Waals surface area contributed by atoms with Crippen molar-refractivity contribution in [1.29, 1.82) is 0 Å². The van der Waals surface area contributed by atoms with Crippen LogP contribution in [0.3, 0.4) is 0 Å². The van der Waals surface area contributed by atoms with Crippen molar-refractivity contribution in [3.8, 4) is 11.5 Å². The van der Waals surface area contributed by atoms with Gasteiger partial charge in [0, 0.05) is 0 Å². The van der Waals surface area contributed by atoms with Crippen LogP contribution < -0.4 is 9.47 Å². The average molecular weight is 394 g/mol. The van der Waals surface area contributed by atoms with Gasteiger partial charge in [-0.3, -0.25) is 0 Å². The zero-order valence-corrected chi connectivity index (χ0v) is 16.6. The summed E-state index contributed by atoms with van der Waals surface area (Å²) in [5.74, 6) is 1.40. The summed E-state index contributed by atoms with van der Waals surface area (Å²) < 4.78 is 35.9. The molecule has 0 N–H and O–H groups in total. The number of hydrogen-bond donors (Lipinski definition) is 0. The van der Waals surface area contributed by atoms with Gasteiger partial charge in [-0.05, 0) is 53.1 Å². The summed E-state index contributed by atoms with van der Waals surface area (Å²) >= 11 is 0. The van der Waals surface area contributed by atoms with E-state index in [1.807, 2.05) is 48.5 Å². The molecule has 28 heavy (non-hydrogen) atoms. The number of ether oxygens (including phenoxy) is 2. The van der Waals surface area contributed by atoms with Gasteiger partial charge in [-0.2, -0.15) is 0 Å². The van der Waals surface area contributed by atoms with Crippen LogP contribution in [0.2, 0.25) is 0 Å². The minimum atomic E-state index is -3.42. The van der Waals surface area contributed by atoms with Crippen LogP contribution in [0.15, 0.2) is 89.8 Å². The molecule has 0 unspecified atom stereocenters. The molecule has 3 aromatic carbocycles. The summed E-state index contributed by atoms with van der Waals surface area (Å²) in [6, 6.07) is 23.6. The first kappa shape index (κ1) is 19.7. The minimum absolute atomic E-state index is 0.0929. The molecule has 0 aromatic heterocycles. The van der Waals surface area contributed by atoms with E-state index in [1.54, 1.807) is 50.6 Å². The largest absolute Gasteiger partial charge is 0.497 e. The van der Waals surface area contributed by atoms with Crippen molar-refractivity contribution in [3.63, 3.8) is 0 Å². The molecule has 0 heterocycles. The zero-order chi connectivity index (χ0) is 20.0. The lowest BCUT2D eigenvalue weighted by Crippen LogP contribution is -2.05. The van der Waals surface area contributed by atoms with Crippen LogP contribution in [0.1, 0.15) is 11.1 Å². The topological polar surface area (TPSA) is 52.6 Å². The van der Waals surface area contributed by atoms with Crippen LogP contribution in [0, 0.1) is 0 Å². The molecule has 3 rings (SSSR count). The van der Waals surface area contributed by atoms with Gasteiger partial charge in [0.15, 0.2) is 9.84 Å². The quantitative estimate of drug-likeness (QED) is 0.587. The van der Waals surface area contributed by atoms with Crippen LogP contribution in [0.25, 0.3) is 5.57 Å². The molecule has 0 aliphatic carbocycles. The van der Waals surface area contributed by atoms with Crippen molar-refractivity contribution in [2.75, 3.05) is 20.0 Å². The highest BCUT2D eigenvalue weighted by atomic mass is 32.2. The Labute approximate surface area is 166 Å². The Kier molecular flexibility index (Phi) is 6.16. The third-order valence-electron chi connectivity index (χ3n) is 4.41. The van der Waals surface area contributed by atoms with Gasteiger partial charge in [-0.15, -0.1) is 0 Å². The van der Waals surface area contributed by atoms with E-state index in [4.69, 9.17) is 9.47 Å². The molecule has 0 spiro atoms. The average Bonchev–Trinajstić information content (AvgIpc) is 2.75. The Bertz CT molecular complexity index is 987. The molecule has 0 amide bonds. The molecule has 0 aliphatic rings. The monoisotopic (exact) mass is 394 g/mol. The van der Waals surface area contributed by atoms with Crippen LogP contribution in [-0.4, -0.2) is 28.4 Å². The van der Waals surface area contributed by atoms with Gasteiger partial charge in [0.2, 0.25) is 0 Å². The Balaban J connectivity index is 2.00. The molecule has 0 saturated heterocycles. The number of rotatable bonds is 7. The molecule has 4 nitrogen and oxygen atoms in total. The van der Waals surface area contributed by atoms with E-state index in [0.717, 1.165) is 28.2 Å². The molecule has 3 aromatic rings. The first-order valence-corrected chi connectivity index (χ1v) is 10.5. The molecule has 144 valence electrons. The van der Waals surface area contributed by atoms with Crippen LogP contribution in [0.4, 0.5) is 0 Å². The second kappa shape index (κ2) is 8.76. The lowest BCUT2D eigenvalue weighted by molar-refractivity contribution is 0.414. The highest BCUT2D eigenvalue weighted by Crippen LogP contribution is 2.27. The fourth-order valence-electron chi connectivity index (χ4n) is 2.86. The van der Waals surface area contributed by atoms with E-state index in [9.17, 15) is 8.42 Å². The summed E-state index contributed by atoms with van der Waals surface area (Å²) in [6.07, 6.45) is 1.76. The van der Waals surface area contributed by atoms with E-state index in [-0.39, 0.29) is 5.75 Å². The predicted octanol–water partition coefficient (Wildman–Crippen LogP) is 4.61. The standard InChI is InChI=1S/C23H22O4S/c1-26-20-12-8-18(9-13-20)23(19-10-14-21(27-2)15-11-19)16-17-28(24,25)22-6-4-3-5-7-22/h3-16H,17H2,1-2H3. The Morgan fingerprint density at radius 3 is 1.64 bits per heavy atom. The van der Waals surface area contributed by atoms with Crippen molar-refractivity contribution in [3.05, 3.63) is 96.1 Å². The van der Waals surface area contributed by atoms with Crippen molar-refractivity contribution in [1.82, 2.24) is 0 Å². The molecule has 0 aliphatic heterocycles. The first-order valence-electron chi connectivity index (χ1n) is 8.80. The van der Waals surface area contributed by atoms with Gasteiger partial charge in [-0.1, -0.05) is 48.5 Å². The van der Waals surface area contributed by atoms with Crippen molar-refractivity contribution < 1.29 is 17.9 Å². The highest BCUT2D eigenvalue weighted by molar-refractivity contribution is 7.91. The Morgan fingerprint density at radius 1 is 0.750 bits per heavy atom. The first-order chi connectivity index (χ1) is 13.5. The number of methoxy groups -OCH3 is 2. The maximum atomic E-state index is 12.7. The zero-order valence-electron chi connectivity index (χ0n) is 15.8. The van der Waals surface area contributed by atoms with Crippen LogP contribution in [-0.2, 0) is 9.84 Å². The van der Waals surface area contributed by atoms with Crippen LogP contribution in [0.5, 0.6) is 11.5 Å². The lowest BCUT2D eigenvalue weighted by atomic mass is 9.97. The normalized spacial score (nSPS) is 10.9. The maximum Gasteiger partial charge on any atom is 0.181 e. The summed E-state index contributed by atoms with van der Waals surface area (Å²) in [5.41, 5.74) is 2.66. The van der Waals surface area contributed by atoms with Gasteiger partial charge in [0.25, 0.3) is 0 Å². The number of hydrogen-bond acceptors (Lipinski definition) is 4. The molecule has 0 radical (unpaired) electrons. The van der Waals surface area contributed by atoms with Crippen molar-refractivity contribution >= 4 is 15.4 Å². The second-order valence-corrected chi connectivity index (χ2v) is 8.20. The Hall–Kier alpha value is -3.05. The fraction of sp³-hybridized carbons (Fsp3) is 0.130. The minimum Gasteiger partial charge on any atom is -0.497 e. The Morgan fingerprint density at radius 2 is 1.21 bits per heavy atom. The lowest BCUT2D eigenvalue weighted by Gasteiger charge is -2.11. The summed E-state index contributed by atoms with van der Waals surface area (Å²) in [7, 11) is -0.197. The third kappa shape index (κ3) is 4.61. The molecule has 0 atom stereocenters. The van der Waals surface area contributed by atoms with Crippen LogP contribution >= 0.6 is 0 Å². The molecule has 0 bridgehead atoms. The molecular formula is C23H22O4S.